The molecule has 0 radical (unpaired) electrons. The fourth-order valence-corrected chi connectivity index (χ4v) is 6.12. The maximum atomic E-state index is 14.1. The Hall–Kier alpha value is -4.23. The van der Waals surface area contributed by atoms with Crippen LogP contribution < -0.4 is 15.6 Å². The molecule has 0 atom stereocenters. The number of nitrogens with zero attached hydrogens (tertiary/aromatic N) is 1. The van der Waals surface area contributed by atoms with E-state index in [1.54, 1.807) is 0 Å². The second kappa shape index (κ2) is 8.96. The molecule has 0 bridgehead atoms. The normalized spacial score (nSPS) is 14.4. The highest BCUT2D eigenvalue weighted by molar-refractivity contribution is 7.94. The number of sulfone groups is 1. The van der Waals surface area contributed by atoms with Crippen LogP contribution in [0.3, 0.4) is 0 Å². The molecule has 0 fully saturated rings. The summed E-state index contributed by atoms with van der Waals surface area (Å²) in [5.41, 5.74) is -0.809. The summed E-state index contributed by atoms with van der Waals surface area (Å²) < 4.78 is 80.3. The van der Waals surface area contributed by atoms with E-state index in [2.05, 4.69) is 10.0 Å². The van der Waals surface area contributed by atoms with E-state index in [0.29, 0.717) is 5.56 Å². The summed E-state index contributed by atoms with van der Waals surface area (Å²) in [7, 11) is -7.88. The maximum Gasteiger partial charge on any atom is 0.264 e. The van der Waals surface area contributed by atoms with E-state index in [0.717, 1.165) is 34.4 Å². The van der Waals surface area contributed by atoms with Crippen molar-refractivity contribution in [1.29, 1.82) is 0 Å². The van der Waals surface area contributed by atoms with Crippen molar-refractivity contribution in [2.75, 3.05) is 16.3 Å². The minimum absolute atomic E-state index is 0.0192. The molecular formula is C25H19F2N3O6S2. The Bertz CT molecular complexity index is 1930. The molecule has 1 aliphatic rings. The summed E-state index contributed by atoms with van der Waals surface area (Å²) in [6.45, 7) is -0.122. The van der Waals surface area contributed by atoms with Crippen molar-refractivity contribution >= 4 is 47.8 Å². The topological polar surface area (TPSA) is 135 Å². The Morgan fingerprint density at radius 3 is 2.37 bits per heavy atom. The van der Waals surface area contributed by atoms with E-state index in [-0.39, 0.29) is 45.0 Å². The smallest absolute Gasteiger partial charge is 0.264 e. The number of benzene rings is 3. The molecule has 0 unspecified atom stereocenters. The van der Waals surface area contributed by atoms with E-state index in [9.17, 15) is 35.5 Å². The lowest BCUT2D eigenvalue weighted by Gasteiger charge is -2.22. The van der Waals surface area contributed by atoms with Gasteiger partial charge in [0.25, 0.3) is 5.56 Å². The van der Waals surface area contributed by atoms with Crippen LogP contribution in [0, 0.1) is 11.6 Å². The molecule has 9 nitrogen and oxygen atoms in total. The first-order valence-electron chi connectivity index (χ1n) is 11.0. The van der Waals surface area contributed by atoms with Crippen molar-refractivity contribution in [2.24, 2.45) is 0 Å². The summed E-state index contributed by atoms with van der Waals surface area (Å²) in [4.78, 5) is 13.4. The van der Waals surface area contributed by atoms with Gasteiger partial charge in [-0.3, -0.25) is 9.52 Å². The third-order valence-electron chi connectivity index (χ3n) is 5.86. The first kappa shape index (κ1) is 25.4. The number of sulfonamides is 1. The molecule has 3 N–H and O–H groups in total. The van der Waals surface area contributed by atoms with Gasteiger partial charge in [-0.2, -0.15) is 0 Å². The Labute approximate surface area is 215 Å². The van der Waals surface area contributed by atoms with Crippen LogP contribution in [0.5, 0.6) is 5.75 Å². The molecule has 1 aromatic heterocycles. The number of pyridine rings is 1. The summed E-state index contributed by atoms with van der Waals surface area (Å²) in [5.74, 6) is -1.71. The van der Waals surface area contributed by atoms with Gasteiger partial charge in [0, 0.05) is 11.1 Å². The Morgan fingerprint density at radius 2 is 1.68 bits per heavy atom. The predicted octanol–water partition coefficient (Wildman–Crippen LogP) is 3.60. The summed E-state index contributed by atoms with van der Waals surface area (Å²) >= 11 is 0. The van der Waals surface area contributed by atoms with Gasteiger partial charge >= 0.3 is 0 Å². The molecule has 196 valence electrons. The molecule has 1 aliphatic heterocycles. The number of halogens is 2. The average Bonchev–Trinajstić information content (AvgIpc) is 2.82. The number of hydrogen-bond donors (Lipinski definition) is 3. The number of hydrogen-bond acceptors (Lipinski definition) is 7. The second-order valence-electron chi connectivity index (χ2n) is 8.69. The Kier molecular flexibility index (Phi) is 5.99. The van der Waals surface area contributed by atoms with Gasteiger partial charge in [0.2, 0.25) is 19.9 Å². The molecular weight excluding hydrogens is 540 g/mol. The zero-order chi connectivity index (χ0) is 27.4. The lowest BCUT2D eigenvalue weighted by molar-refractivity contribution is 0.477. The largest absolute Gasteiger partial charge is 0.506 e. The minimum Gasteiger partial charge on any atom is -0.506 e. The lowest BCUT2D eigenvalue weighted by atomic mass is 10.1. The molecule has 0 saturated carbocycles. The quantitative estimate of drug-likeness (QED) is 0.340. The van der Waals surface area contributed by atoms with Crippen LogP contribution in [0.1, 0.15) is 11.1 Å². The molecule has 0 amide bonds. The van der Waals surface area contributed by atoms with Crippen molar-refractivity contribution in [2.45, 2.75) is 11.4 Å². The number of rotatable bonds is 5. The number of fused-ring (bicyclic) bond motifs is 2. The van der Waals surface area contributed by atoms with Crippen molar-refractivity contribution in [3.63, 3.8) is 0 Å². The van der Waals surface area contributed by atoms with Gasteiger partial charge in [-0.1, -0.05) is 12.1 Å². The molecule has 0 spiro atoms. The maximum absolute atomic E-state index is 14.1. The van der Waals surface area contributed by atoms with Crippen LogP contribution in [0.15, 0.2) is 75.8 Å². The van der Waals surface area contributed by atoms with Gasteiger partial charge in [-0.05, 0) is 54.1 Å². The summed E-state index contributed by atoms with van der Waals surface area (Å²) in [6.07, 6.45) is 0.919. The van der Waals surface area contributed by atoms with Crippen molar-refractivity contribution in [1.82, 2.24) is 4.57 Å². The zero-order valence-electron chi connectivity index (χ0n) is 19.6. The third kappa shape index (κ3) is 4.73. The van der Waals surface area contributed by atoms with Gasteiger partial charge in [-0.25, -0.2) is 25.6 Å². The number of aromatic hydroxyl groups is 1. The monoisotopic (exact) mass is 559 g/mol. The van der Waals surface area contributed by atoms with Crippen LogP contribution in [-0.4, -0.2) is 32.8 Å². The van der Waals surface area contributed by atoms with Gasteiger partial charge in [0.1, 0.15) is 22.9 Å². The fraction of sp³-hybridized carbons (Fsp3) is 0.0800. The second-order valence-corrected chi connectivity index (χ2v) is 12.2. The zero-order valence-corrected chi connectivity index (χ0v) is 21.2. The van der Waals surface area contributed by atoms with Crippen molar-refractivity contribution < 1.29 is 30.7 Å². The highest BCUT2D eigenvalue weighted by Crippen LogP contribution is 2.38. The van der Waals surface area contributed by atoms with Crippen LogP contribution in [0.25, 0.3) is 16.6 Å². The molecule has 13 heteroatoms. The fourth-order valence-electron chi connectivity index (χ4n) is 4.23. The van der Waals surface area contributed by atoms with E-state index >= 15 is 0 Å². The highest BCUT2D eigenvalue weighted by atomic mass is 32.2. The first-order chi connectivity index (χ1) is 17.8. The molecule has 38 heavy (non-hydrogen) atoms. The van der Waals surface area contributed by atoms with Crippen LogP contribution in [0.2, 0.25) is 0 Å². The summed E-state index contributed by atoms with van der Waals surface area (Å²) in [5, 5.41) is 14.7. The van der Waals surface area contributed by atoms with E-state index in [1.165, 1.54) is 42.5 Å². The molecule has 4 aromatic rings. The Balaban J connectivity index is 1.69. The number of nitrogens with one attached hydrogen (secondary N) is 2. The van der Waals surface area contributed by atoms with Gasteiger partial charge in [-0.15, -0.1) is 0 Å². The van der Waals surface area contributed by atoms with Gasteiger partial charge in [0.15, 0.2) is 0 Å². The van der Waals surface area contributed by atoms with Gasteiger partial charge < -0.3 is 15.0 Å². The molecule has 0 aliphatic carbocycles. The number of anilines is 2. The van der Waals surface area contributed by atoms with E-state index < -0.39 is 42.8 Å². The highest BCUT2D eigenvalue weighted by Gasteiger charge is 2.29. The Morgan fingerprint density at radius 1 is 1.00 bits per heavy atom. The standard InChI is InChI=1S/C25H19F2N3O6S2/c1-37(33,34)29-17-7-9-19-22(11-17)38(35,36)13-20(28-19)23-24(31)18-8-6-16(27)10-21(18)30(25(23)32)12-14-2-4-15(26)5-3-14/h2-11,13,28-29,31H,12H2,1H3. The average molecular weight is 560 g/mol. The van der Waals surface area contributed by atoms with Crippen LogP contribution >= 0.6 is 0 Å². The third-order valence-corrected chi connectivity index (χ3v) is 7.96. The molecule has 2 heterocycles. The molecule has 5 rings (SSSR count). The van der Waals surface area contributed by atoms with Crippen LogP contribution in [-0.2, 0) is 26.4 Å². The molecule has 0 saturated heterocycles. The van der Waals surface area contributed by atoms with Crippen molar-refractivity contribution in [3.8, 4) is 5.75 Å². The van der Waals surface area contributed by atoms with E-state index in [4.69, 9.17) is 0 Å². The van der Waals surface area contributed by atoms with E-state index in [1.807, 2.05) is 0 Å². The lowest BCUT2D eigenvalue weighted by Crippen LogP contribution is -2.27. The minimum atomic E-state index is -4.21. The summed E-state index contributed by atoms with van der Waals surface area (Å²) in [6, 6.07) is 12.5. The van der Waals surface area contributed by atoms with Gasteiger partial charge in [0.05, 0.1) is 40.0 Å². The number of aromatic nitrogens is 1. The van der Waals surface area contributed by atoms with Crippen molar-refractivity contribution in [3.05, 3.63) is 99.2 Å². The SMILES string of the molecule is CS(=O)(=O)Nc1ccc2c(c1)S(=O)(=O)C=C(c1c(O)c3ccc(F)cc3n(Cc3ccc(F)cc3)c1=O)N2. The molecule has 3 aromatic carbocycles. The van der Waals surface area contributed by atoms with Crippen LogP contribution in [0.4, 0.5) is 20.2 Å². The predicted molar refractivity (Wildman–Crippen MR) is 139 cm³/mol. The first-order valence-corrected chi connectivity index (χ1v) is 14.4.